The van der Waals surface area contributed by atoms with E-state index in [4.69, 9.17) is 18.9 Å². The number of amides is 1. The van der Waals surface area contributed by atoms with Crippen molar-refractivity contribution >= 4 is 5.91 Å². The van der Waals surface area contributed by atoms with Gasteiger partial charge in [-0.1, -0.05) is 6.07 Å². The second-order valence-electron chi connectivity index (χ2n) is 6.19. The second-order valence-corrected chi connectivity index (χ2v) is 6.19. The van der Waals surface area contributed by atoms with Crippen LogP contribution in [-0.2, 0) is 6.54 Å². The van der Waals surface area contributed by atoms with Crippen molar-refractivity contribution in [2.24, 2.45) is 0 Å². The monoisotopic (exact) mass is 357 g/mol. The minimum Gasteiger partial charge on any atom is -0.493 e. The van der Waals surface area contributed by atoms with E-state index in [0.29, 0.717) is 42.6 Å². The van der Waals surface area contributed by atoms with Gasteiger partial charge in [-0.05, 0) is 49.7 Å². The highest BCUT2D eigenvalue weighted by Gasteiger charge is 2.14. The van der Waals surface area contributed by atoms with Gasteiger partial charge in [0.05, 0.1) is 13.2 Å². The van der Waals surface area contributed by atoms with Crippen LogP contribution < -0.4 is 24.3 Å². The topological polar surface area (TPSA) is 66.0 Å². The lowest BCUT2D eigenvalue weighted by molar-refractivity contribution is 0.0950. The lowest BCUT2D eigenvalue weighted by Gasteiger charge is -2.19. The van der Waals surface area contributed by atoms with E-state index in [1.807, 2.05) is 32.0 Å². The molecule has 26 heavy (non-hydrogen) atoms. The number of methoxy groups -OCH3 is 1. The molecule has 0 saturated carbocycles. The number of ether oxygens (including phenoxy) is 4. The molecule has 1 amide bonds. The maximum atomic E-state index is 12.4. The van der Waals surface area contributed by atoms with E-state index in [2.05, 4.69) is 5.32 Å². The molecule has 0 radical (unpaired) electrons. The minimum atomic E-state index is -0.186. The fourth-order valence-electron chi connectivity index (χ4n) is 2.64. The van der Waals surface area contributed by atoms with Crippen LogP contribution >= 0.6 is 0 Å². The Morgan fingerprint density at radius 1 is 1.08 bits per heavy atom. The van der Waals surface area contributed by atoms with Gasteiger partial charge in [-0.3, -0.25) is 4.79 Å². The third-order valence-corrected chi connectivity index (χ3v) is 3.85. The first kappa shape index (κ1) is 17.9. The van der Waals surface area contributed by atoms with E-state index in [1.54, 1.807) is 25.3 Å². The first-order chi connectivity index (χ1) is 12.6. The minimum absolute atomic E-state index is 0.0267. The summed E-state index contributed by atoms with van der Waals surface area (Å²) in [6.45, 7) is 5.36. The van der Waals surface area contributed by atoms with E-state index < -0.39 is 0 Å². The lowest BCUT2D eigenvalue weighted by atomic mass is 10.1. The van der Waals surface area contributed by atoms with Crippen molar-refractivity contribution in [1.29, 1.82) is 0 Å². The van der Waals surface area contributed by atoms with E-state index in [0.717, 1.165) is 11.3 Å². The predicted octanol–water partition coefficient (Wildman–Crippen LogP) is 3.18. The first-order valence-electron chi connectivity index (χ1n) is 8.58. The van der Waals surface area contributed by atoms with E-state index in [9.17, 15) is 4.79 Å². The van der Waals surface area contributed by atoms with Crippen molar-refractivity contribution in [3.05, 3.63) is 47.5 Å². The summed E-state index contributed by atoms with van der Waals surface area (Å²) in [4.78, 5) is 12.4. The van der Waals surface area contributed by atoms with Gasteiger partial charge < -0.3 is 24.3 Å². The molecule has 6 nitrogen and oxygen atoms in total. The Hall–Kier alpha value is -2.89. The fourth-order valence-corrected chi connectivity index (χ4v) is 2.64. The molecular weight excluding hydrogens is 334 g/mol. The summed E-state index contributed by atoms with van der Waals surface area (Å²) in [5, 5.41) is 2.90. The zero-order valence-electron chi connectivity index (χ0n) is 15.2. The summed E-state index contributed by atoms with van der Waals surface area (Å²) >= 11 is 0. The largest absolute Gasteiger partial charge is 0.493 e. The molecule has 2 aromatic carbocycles. The van der Waals surface area contributed by atoms with Gasteiger partial charge in [-0.2, -0.15) is 0 Å². The molecule has 1 aliphatic rings. The van der Waals surface area contributed by atoms with E-state index in [-0.39, 0.29) is 12.0 Å². The maximum Gasteiger partial charge on any atom is 0.251 e. The van der Waals surface area contributed by atoms with Crippen molar-refractivity contribution in [2.75, 3.05) is 20.3 Å². The first-order valence-corrected chi connectivity index (χ1v) is 8.58. The molecule has 0 aliphatic carbocycles. The molecule has 0 bridgehead atoms. The second kappa shape index (κ2) is 7.99. The Morgan fingerprint density at radius 3 is 2.58 bits per heavy atom. The number of hydrogen-bond acceptors (Lipinski definition) is 5. The summed E-state index contributed by atoms with van der Waals surface area (Å²) in [5.41, 5.74) is 1.45. The average molecular weight is 357 g/mol. The SMILES string of the molecule is COc1cc(C(=O)NCc2ccc3c(c2)OCCO3)ccc1OC(C)C. The van der Waals surface area contributed by atoms with Gasteiger partial charge in [0.2, 0.25) is 0 Å². The Balaban J connectivity index is 1.66. The highest BCUT2D eigenvalue weighted by Crippen LogP contribution is 2.31. The number of benzene rings is 2. The zero-order chi connectivity index (χ0) is 18.5. The smallest absolute Gasteiger partial charge is 0.251 e. The van der Waals surface area contributed by atoms with Gasteiger partial charge in [0.25, 0.3) is 5.91 Å². The summed E-state index contributed by atoms with van der Waals surface area (Å²) in [6, 6.07) is 10.8. The van der Waals surface area contributed by atoms with Crippen molar-refractivity contribution < 1.29 is 23.7 Å². The highest BCUT2D eigenvalue weighted by atomic mass is 16.6. The van der Waals surface area contributed by atoms with E-state index in [1.165, 1.54) is 0 Å². The van der Waals surface area contributed by atoms with Gasteiger partial charge in [0.1, 0.15) is 13.2 Å². The molecule has 0 fully saturated rings. The molecule has 0 saturated heterocycles. The van der Waals surface area contributed by atoms with Crippen molar-refractivity contribution in [1.82, 2.24) is 5.32 Å². The van der Waals surface area contributed by atoms with Gasteiger partial charge in [-0.25, -0.2) is 0 Å². The molecule has 3 rings (SSSR count). The fraction of sp³-hybridized carbons (Fsp3) is 0.350. The summed E-state index contributed by atoms with van der Waals surface area (Å²) in [5.74, 6) is 2.41. The molecule has 0 aromatic heterocycles. The summed E-state index contributed by atoms with van der Waals surface area (Å²) in [7, 11) is 1.55. The van der Waals surface area contributed by atoms with Crippen LogP contribution in [0.2, 0.25) is 0 Å². The molecule has 138 valence electrons. The Morgan fingerprint density at radius 2 is 1.85 bits per heavy atom. The summed E-state index contributed by atoms with van der Waals surface area (Å²) in [6.07, 6.45) is 0.0267. The molecule has 1 aliphatic heterocycles. The van der Waals surface area contributed by atoms with Gasteiger partial charge in [-0.15, -0.1) is 0 Å². The van der Waals surface area contributed by atoms with Crippen LogP contribution in [0.25, 0.3) is 0 Å². The van der Waals surface area contributed by atoms with Crippen molar-refractivity contribution in [2.45, 2.75) is 26.5 Å². The molecule has 1 heterocycles. The Bertz CT molecular complexity index is 788. The molecule has 0 spiro atoms. The third-order valence-electron chi connectivity index (χ3n) is 3.85. The Kier molecular flexibility index (Phi) is 5.51. The number of fused-ring (bicyclic) bond motifs is 1. The molecule has 1 N–H and O–H groups in total. The number of rotatable bonds is 6. The predicted molar refractivity (Wildman–Crippen MR) is 97.4 cm³/mol. The van der Waals surface area contributed by atoms with Crippen LogP contribution in [-0.4, -0.2) is 32.3 Å². The molecular formula is C20H23NO5. The van der Waals surface area contributed by atoms with Crippen LogP contribution in [0.1, 0.15) is 29.8 Å². The average Bonchev–Trinajstić information content (AvgIpc) is 2.65. The standard InChI is InChI=1S/C20H23NO5/c1-13(2)26-17-7-5-15(11-18(17)23-3)20(22)21-12-14-4-6-16-19(10-14)25-9-8-24-16/h4-7,10-11,13H,8-9,12H2,1-3H3,(H,21,22). The van der Waals surface area contributed by atoms with Crippen LogP contribution in [0.15, 0.2) is 36.4 Å². The summed E-state index contributed by atoms with van der Waals surface area (Å²) < 4.78 is 22.1. The number of nitrogens with one attached hydrogen (secondary N) is 1. The van der Waals surface area contributed by atoms with Crippen LogP contribution in [0, 0.1) is 0 Å². The highest BCUT2D eigenvalue weighted by molar-refractivity contribution is 5.94. The molecule has 6 heteroatoms. The molecule has 0 atom stereocenters. The zero-order valence-corrected chi connectivity index (χ0v) is 15.2. The quantitative estimate of drug-likeness (QED) is 0.860. The number of carbonyl (C=O) groups excluding carboxylic acids is 1. The Labute approximate surface area is 153 Å². The number of hydrogen-bond donors (Lipinski definition) is 1. The molecule has 0 unspecified atom stereocenters. The molecule has 2 aromatic rings. The van der Waals surface area contributed by atoms with Gasteiger partial charge in [0, 0.05) is 12.1 Å². The maximum absolute atomic E-state index is 12.4. The van der Waals surface area contributed by atoms with Crippen molar-refractivity contribution in [3.8, 4) is 23.0 Å². The van der Waals surface area contributed by atoms with Crippen LogP contribution in [0.4, 0.5) is 0 Å². The van der Waals surface area contributed by atoms with Crippen LogP contribution in [0.3, 0.4) is 0 Å². The normalized spacial score (nSPS) is 12.6. The van der Waals surface area contributed by atoms with E-state index >= 15 is 0 Å². The van der Waals surface area contributed by atoms with Crippen LogP contribution in [0.5, 0.6) is 23.0 Å². The lowest BCUT2D eigenvalue weighted by Crippen LogP contribution is -2.23. The van der Waals surface area contributed by atoms with Crippen molar-refractivity contribution in [3.63, 3.8) is 0 Å². The third kappa shape index (κ3) is 4.20. The van der Waals surface area contributed by atoms with Gasteiger partial charge in [0.15, 0.2) is 23.0 Å². The van der Waals surface area contributed by atoms with Gasteiger partial charge >= 0.3 is 0 Å². The number of carbonyl (C=O) groups is 1.